The molecule has 114 valence electrons. The quantitative estimate of drug-likeness (QED) is 0.651. The van der Waals surface area contributed by atoms with Crippen molar-refractivity contribution in [2.75, 3.05) is 18.5 Å². The van der Waals surface area contributed by atoms with Crippen LogP contribution in [0.1, 0.15) is 33.1 Å². The molecule has 5 nitrogen and oxygen atoms in total. The lowest BCUT2D eigenvalue weighted by Gasteiger charge is -2.19. The summed E-state index contributed by atoms with van der Waals surface area (Å²) >= 11 is 0. The van der Waals surface area contributed by atoms with Crippen molar-refractivity contribution in [1.29, 1.82) is 0 Å². The first kappa shape index (κ1) is 16.9. The molecule has 3 N–H and O–H groups in total. The van der Waals surface area contributed by atoms with Gasteiger partial charge in [-0.05, 0) is 31.4 Å². The van der Waals surface area contributed by atoms with Crippen LogP contribution < -0.4 is 10.0 Å². The van der Waals surface area contributed by atoms with Crippen LogP contribution in [0.3, 0.4) is 0 Å². The van der Waals surface area contributed by atoms with E-state index in [1.165, 1.54) is 0 Å². The van der Waals surface area contributed by atoms with Crippen molar-refractivity contribution in [3.8, 4) is 0 Å². The Balaban J connectivity index is 2.98. The first-order valence-electron chi connectivity index (χ1n) is 7.01. The highest BCUT2D eigenvalue weighted by Gasteiger charge is 2.18. The fourth-order valence-corrected chi connectivity index (χ4v) is 3.19. The fraction of sp³-hybridized carbons (Fsp3) is 0.571. The molecule has 1 rings (SSSR count). The van der Waals surface area contributed by atoms with Crippen LogP contribution in [0.25, 0.3) is 0 Å². The Kier molecular flexibility index (Phi) is 6.98. The average molecular weight is 300 g/mol. The molecule has 20 heavy (non-hydrogen) atoms. The van der Waals surface area contributed by atoms with Crippen LogP contribution in [0.5, 0.6) is 0 Å². The van der Waals surface area contributed by atoms with Crippen LogP contribution >= 0.6 is 0 Å². The monoisotopic (exact) mass is 300 g/mol. The van der Waals surface area contributed by atoms with Gasteiger partial charge in [0.15, 0.2) is 0 Å². The molecule has 1 unspecified atom stereocenters. The van der Waals surface area contributed by atoms with Gasteiger partial charge in [0.1, 0.15) is 4.90 Å². The molecule has 0 aromatic heterocycles. The lowest BCUT2D eigenvalue weighted by molar-refractivity contribution is 0.278. The molecule has 0 fully saturated rings. The van der Waals surface area contributed by atoms with Crippen molar-refractivity contribution in [2.24, 2.45) is 0 Å². The van der Waals surface area contributed by atoms with E-state index >= 15 is 0 Å². The third-order valence-electron chi connectivity index (χ3n) is 3.05. The van der Waals surface area contributed by atoms with Crippen molar-refractivity contribution in [1.82, 2.24) is 4.72 Å². The normalized spacial score (nSPS) is 13.2. The van der Waals surface area contributed by atoms with Crippen LogP contribution in [-0.4, -0.2) is 32.7 Å². The maximum Gasteiger partial charge on any atom is 0.242 e. The van der Waals surface area contributed by atoms with Gasteiger partial charge in [-0.2, -0.15) is 0 Å². The van der Waals surface area contributed by atoms with Gasteiger partial charge in [0, 0.05) is 19.2 Å². The summed E-state index contributed by atoms with van der Waals surface area (Å²) in [5, 5.41) is 12.2. The van der Waals surface area contributed by atoms with Gasteiger partial charge < -0.3 is 10.4 Å². The molecule has 0 radical (unpaired) electrons. The minimum absolute atomic E-state index is 0.0579. The highest BCUT2D eigenvalue weighted by atomic mass is 32.2. The summed E-state index contributed by atoms with van der Waals surface area (Å²) in [6.45, 7) is 4.42. The second kappa shape index (κ2) is 8.24. The van der Waals surface area contributed by atoms with Crippen molar-refractivity contribution >= 4 is 15.7 Å². The predicted octanol–water partition coefficient (Wildman–Crippen LogP) is 1.95. The van der Waals surface area contributed by atoms with Gasteiger partial charge in [0.05, 0.1) is 5.69 Å². The van der Waals surface area contributed by atoms with Crippen LogP contribution in [0.15, 0.2) is 29.2 Å². The molecule has 0 amide bonds. The topological polar surface area (TPSA) is 78.4 Å². The summed E-state index contributed by atoms with van der Waals surface area (Å²) in [5.74, 6) is 0. The standard InChI is InChI=1S/C14H24N2O3S/c1-3-10-15-20(18,19)14-8-6-5-7-13(14)16-12(4-2)9-11-17/h5-8,12,15-17H,3-4,9-11H2,1-2H3. The number of para-hydroxylation sites is 1. The van der Waals surface area contributed by atoms with Crippen LogP contribution in [0.4, 0.5) is 5.69 Å². The maximum absolute atomic E-state index is 12.2. The number of hydrogen-bond donors (Lipinski definition) is 3. The Morgan fingerprint density at radius 2 is 1.95 bits per heavy atom. The average Bonchev–Trinajstić information content (AvgIpc) is 2.45. The lowest BCUT2D eigenvalue weighted by atomic mass is 10.1. The predicted molar refractivity (Wildman–Crippen MR) is 81.3 cm³/mol. The summed E-state index contributed by atoms with van der Waals surface area (Å²) < 4.78 is 27.0. The smallest absolute Gasteiger partial charge is 0.242 e. The first-order valence-corrected chi connectivity index (χ1v) is 8.49. The van der Waals surface area contributed by atoms with E-state index in [1.807, 2.05) is 13.8 Å². The molecule has 1 atom stereocenters. The SMILES string of the molecule is CCCNS(=O)(=O)c1ccccc1NC(CC)CCO. The Bertz CT molecular complexity index is 503. The zero-order valence-corrected chi connectivity index (χ0v) is 12.9. The molecular weight excluding hydrogens is 276 g/mol. The number of aliphatic hydroxyl groups is 1. The van der Waals surface area contributed by atoms with Gasteiger partial charge in [-0.25, -0.2) is 13.1 Å². The zero-order valence-electron chi connectivity index (χ0n) is 12.1. The number of aliphatic hydroxyl groups excluding tert-OH is 1. The Hall–Kier alpha value is -1.11. The highest BCUT2D eigenvalue weighted by Crippen LogP contribution is 2.22. The summed E-state index contributed by atoms with van der Waals surface area (Å²) in [6, 6.07) is 6.90. The van der Waals surface area contributed by atoms with Crippen molar-refractivity contribution in [3.63, 3.8) is 0 Å². The number of sulfonamides is 1. The Morgan fingerprint density at radius 1 is 1.25 bits per heavy atom. The van der Waals surface area contributed by atoms with E-state index in [4.69, 9.17) is 5.11 Å². The molecule has 0 spiro atoms. The van der Waals surface area contributed by atoms with Crippen molar-refractivity contribution < 1.29 is 13.5 Å². The van der Waals surface area contributed by atoms with Gasteiger partial charge in [0.2, 0.25) is 10.0 Å². The second-order valence-corrected chi connectivity index (χ2v) is 6.39. The molecule has 0 aliphatic heterocycles. The van der Waals surface area contributed by atoms with E-state index in [0.717, 1.165) is 12.8 Å². The van der Waals surface area contributed by atoms with E-state index in [-0.39, 0.29) is 17.5 Å². The molecule has 1 aromatic carbocycles. The molecule has 0 aliphatic rings. The van der Waals surface area contributed by atoms with Crippen LogP contribution in [-0.2, 0) is 10.0 Å². The third kappa shape index (κ3) is 4.77. The number of nitrogens with one attached hydrogen (secondary N) is 2. The van der Waals surface area contributed by atoms with Crippen LogP contribution in [0, 0.1) is 0 Å². The summed E-state index contributed by atoms with van der Waals surface area (Å²) in [5.41, 5.74) is 0.580. The summed E-state index contributed by atoms with van der Waals surface area (Å²) in [6.07, 6.45) is 2.15. The highest BCUT2D eigenvalue weighted by molar-refractivity contribution is 7.89. The molecule has 0 heterocycles. The molecular formula is C14H24N2O3S. The van der Waals surface area contributed by atoms with Gasteiger partial charge in [-0.15, -0.1) is 0 Å². The number of hydrogen-bond acceptors (Lipinski definition) is 4. The number of benzene rings is 1. The summed E-state index contributed by atoms with van der Waals surface area (Å²) in [4.78, 5) is 0.254. The van der Waals surface area contributed by atoms with E-state index in [2.05, 4.69) is 10.0 Å². The van der Waals surface area contributed by atoms with Crippen LogP contribution in [0.2, 0.25) is 0 Å². The minimum atomic E-state index is -3.50. The fourth-order valence-electron chi connectivity index (χ4n) is 1.89. The maximum atomic E-state index is 12.2. The first-order chi connectivity index (χ1) is 9.55. The van der Waals surface area contributed by atoms with Gasteiger partial charge in [-0.1, -0.05) is 26.0 Å². The minimum Gasteiger partial charge on any atom is -0.396 e. The van der Waals surface area contributed by atoms with Gasteiger partial charge >= 0.3 is 0 Å². The van der Waals surface area contributed by atoms with Gasteiger partial charge in [-0.3, -0.25) is 0 Å². The molecule has 0 saturated heterocycles. The third-order valence-corrected chi connectivity index (χ3v) is 4.57. The van der Waals surface area contributed by atoms with E-state index in [9.17, 15) is 8.42 Å². The van der Waals surface area contributed by atoms with E-state index in [0.29, 0.717) is 18.7 Å². The largest absolute Gasteiger partial charge is 0.396 e. The zero-order chi connectivity index (χ0) is 15.0. The molecule has 0 saturated carbocycles. The van der Waals surface area contributed by atoms with E-state index < -0.39 is 10.0 Å². The Labute approximate surface area is 121 Å². The van der Waals surface area contributed by atoms with E-state index in [1.54, 1.807) is 24.3 Å². The molecule has 0 bridgehead atoms. The molecule has 1 aromatic rings. The van der Waals surface area contributed by atoms with Crippen molar-refractivity contribution in [2.45, 2.75) is 44.0 Å². The lowest BCUT2D eigenvalue weighted by Crippen LogP contribution is -2.27. The number of anilines is 1. The summed E-state index contributed by atoms with van der Waals surface area (Å²) in [7, 11) is -3.50. The Morgan fingerprint density at radius 3 is 2.55 bits per heavy atom. The number of rotatable bonds is 9. The van der Waals surface area contributed by atoms with Gasteiger partial charge in [0.25, 0.3) is 0 Å². The molecule has 6 heteroatoms. The second-order valence-electron chi connectivity index (χ2n) is 4.66. The molecule has 0 aliphatic carbocycles. The van der Waals surface area contributed by atoms with Crippen molar-refractivity contribution in [3.05, 3.63) is 24.3 Å².